The standard InChI is InChI=1S/C12H23N3O4.C7H15N3O2.C2HF3O/c1-12(2,3)19-11(18)15-6-4-14(5-7-15)8-9(16)10(13)17;8-7(12)6(11)5-10-3-1-9-2-4-10;3-2(4,5)1-6/h9,16H,4-8H2,1-3H3,(H2,13,17);6,9,11H,1-5H2,(H2,8,12);1H. The van der Waals surface area contributed by atoms with Gasteiger partial charge in [0.1, 0.15) is 17.8 Å². The SMILES string of the molecule is CC(C)(C)OC(=O)N1CCN(CC(O)C(N)=O)CC1.NC(=O)C(O)CN1CCNCC1.O=CC(F)(F)F. The molecule has 2 aliphatic heterocycles. The van der Waals surface area contributed by atoms with E-state index in [0.717, 1.165) is 26.2 Å². The van der Waals surface area contributed by atoms with E-state index in [2.05, 4.69) is 5.32 Å². The molecule has 2 fully saturated rings. The van der Waals surface area contributed by atoms with E-state index in [-0.39, 0.29) is 12.6 Å². The number of halogens is 3. The van der Waals surface area contributed by atoms with E-state index in [9.17, 15) is 32.7 Å². The third kappa shape index (κ3) is 17.5. The zero-order valence-electron chi connectivity index (χ0n) is 21.4. The topological polar surface area (TPSA) is 192 Å². The van der Waals surface area contributed by atoms with Crippen LogP contribution < -0.4 is 16.8 Å². The smallest absolute Gasteiger partial charge is 0.444 e. The summed E-state index contributed by atoms with van der Waals surface area (Å²) in [5, 5.41) is 21.7. The molecule has 2 unspecified atom stereocenters. The number of amides is 3. The number of β-amino-alcohol motifs (C(OH)–C–C–N with tert-alkyl or cyclic N) is 2. The van der Waals surface area contributed by atoms with Crippen molar-refractivity contribution >= 4 is 24.2 Å². The number of aliphatic hydroxyl groups excluding tert-OH is 2. The van der Waals surface area contributed by atoms with Crippen molar-refractivity contribution in [2.45, 2.75) is 44.8 Å². The number of hydrogen-bond acceptors (Lipinski definition) is 10. The molecule has 216 valence electrons. The lowest BCUT2D eigenvalue weighted by atomic mass is 10.2. The number of primary amides is 2. The molecule has 3 amide bonds. The Balaban J connectivity index is 0.000000611. The molecule has 2 saturated heterocycles. The number of hydrogen-bond donors (Lipinski definition) is 5. The Hall–Kier alpha value is -2.53. The maximum absolute atomic E-state index is 11.8. The molecule has 0 saturated carbocycles. The number of carbonyl (C=O) groups is 4. The van der Waals surface area contributed by atoms with Crippen LogP contribution in [0.25, 0.3) is 0 Å². The number of nitrogens with zero attached hydrogens (tertiary/aromatic N) is 3. The number of aldehydes is 1. The summed E-state index contributed by atoms with van der Waals surface area (Å²) in [7, 11) is 0. The molecular formula is C21H39F3N6O7. The van der Waals surface area contributed by atoms with Crippen LogP contribution in [-0.4, -0.2) is 139 Å². The number of carbonyl (C=O) groups excluding carboxylic acids is 4. The van der Waals surface area contributed by atoms with E-state index in [1.54, 1.807) is 4.90 Å². The number of ether oxygens (including phenoxy) is 1. The summed E-state index contributed by atoms with van der Waals surface area (Å²) in [6.07, 6.45) is -8.22. The molecule has 0 aromatic carbocycles. The van der Waals surface area contributed by atoms with Gasteiger partial charge in [-0.1, -0.05) is 0 Å². The summed E-state index contributed by atoms with van der Waals surface area (Å²) in [6, 6.07) is 0. The van der Waals surface area contributed by atoms with Crippen molar-refractivity contribution in [1.29, 1.82) is 0 Å². The van der Waals surface area contributed by atoms with Crippen molar-refractivity contribution in [2.75, 3.05) is 65.4 Å². The van der Waals surface area contributed by atoms with Crippen molar-refractivity contribution < 1.29 is 47.3 Å². The van der Waals surface area contributed by atoms with Crippen LogP contribution in [-0.2, 0) is 19.1 Å². The van der Waals surface area contributed by atoms with E-state index < -0.39 is 42.1 Å². The summed E-state index contributed by atoms with van der Waals surface area (Å²) in [4.78, 5) is 47.3. The fourth-order valence-electron chi connectivity index (χ4n) is 3.00. The van der Waals surface area contributed by atoms with Crippen molar-refractivity contribution in [1.82, 2.24) is 20.0 Å². The second kappa shape index (κ2) is 16.3. The summed E-state index contributed by atoms with van der Waals surface area (Å²) in [5.74, 6) is -1.37. The Bertz CT molecular complexity index is 722. The average molecular weight is 545 g/mol. The highest BCUT2D eigenvalue weighted by Crippen LogP contribution is 2.12. The maximum Gasteiger partial charge on any atom is 0.446 e. The van der Waals surface area contributed by atoms with Crippen LogP contribution in [0.15, 0.2) is 0 Å². The van der Waals surface area contributed by atoms with Gasteiger partial charge in [0.2, 0.25) is 18.1 Å². The zero-order chi connectivity index (χ0) is 28.8. The van der Waals surface area contributed by atoms with Gasteiger partial charge < -0.3 is 36.6 Å². The molecule has 0 aromatic heterocycles. The summed E-state index contributed by atoms with van der Waals surface area (Å²) >= 11 is 0. The van der Waals surface area contributed by atoms with E-state index >= 15 is 0 Å². The minimum Gasteiger partial charge on any atom is -0.444 e. The van der Waals surface area contributed by atoms with Gasteiger partial charge in [0.25, 0.3) is 0 Å². The van der Waals surface area contributed by atoms with E-state index in [4.69, 9.17) is 26.1 Å². The van der Waals surface area contributed by atoms with Crippen LogP contribution in [0.3, 0.4) is 0 Å². The fourth-order valence-corrected chi connectivity index (χ4v) is 3.00. The van der Waals surface area contributed by atoms with Crippen molar-refractivity contribution in [3.05, 3.63) is 0 Å². The molecule has 2 aliphatic rings. The fraction of sp³-hybridized carbons (Fsp3) is 0.810. The monoisotopic (exact) mass is 544 g/mol. The van der Waals surface area contributed by atoms with Gasteiger partial charge in [-0.15, -0.1) is 0 Å². The quantitative estimate of drug-likeness (QED) is 0.231. The van der Waals surface area contributed by atoms with Crippen LogP contribution in [0.2, 0.25) is 0 Å². The molecule has 13 nitrogen and oxygen atoms in total. The first-order valence-corrected chi connectivity index (χ1v) is 11.6. The summed E-state index contributed by atoms with van der Waals surface area (Å²) in [6.45, 7) is 11.8. The summed E-state index contributed by atoms with van der Waals surface area (Å²) < 4.78 is 36.5. The predicted octanol–water partition coefficient (Wildman–Crippen LogP) is -2.13. The third-order valence-corrected chi connectivity index (χ3v) is 4.89. The van der Waals surface area contributed by atoms with Crippen LogP contribution in [0.1, 0.15) is 20.8 Å². The van der Waals surface area contributed by atoms with Crippen molar-refractivity contribution in [3.63, 3.8) is 0 Å². The highest BCUT2D eigenvalue weighted by molar-refractivity contribution is 5.79. The normalized spacial score (nSPS) is 18.8. The molecule has 37 heavy (non-hydrogen) atoms. The lowest BCUT2D eigenvalue weighted by Gasteiger charge is -2.35. The Morgan fingerprint density at radius 2 is 1.27 bits per heavy atom. The molecule has 0 spiro atoms. The molecule has 0 radical (unpaired) electrons. The Labute approximate surface area is 213 Å². The molecular weight excluding hydrogens is 505 g/mol. The predicted molar refractivity (Wildman–Crippen MR) is 126 cm³/mol. The number of aliphatic hydroxyl groups is 2. The number of nitrogens with one attached hydrogen (secondary N) is 1. The molecule has 2 heterocycles. The second-order valence-electron chi connectivity index (χ2n) is 9.31. The minimum atomic E-state index is -4.64. The molecule has 2 rings (SSSR count). The van der Waals surface area contributed by atoms with Crippen LogP contribution in [0.5, 0.6) is 0 Å². The van der Waals surface area contributed by atoms with Crippen LogP contribution in [0, 0.1) is 0 Å². The van der Waals surface area contributed by atoms with Gasteiger partial charge >= 0.3 is 12.3 Å². The summed E-state index contributed by atoms with van der Waals surface area (Å²) in [5.41, 5.74) is 9.42. The number of nitrogens with two attached hydrogens (primary N) is 2. The van der Waals surface area contributed by atoms with E-state index in [1.165, 1.54) is 0 Å². The number of alkyl halides is 3. The molecule has 16 heteroatoms. The second-order valence-corrected chi connectivity index (χ2v) is 9.31. The van der Waals surface area contributed by atoms with Gasteiger partial charge in [-0.3, -0.25) is 24.2 Å². The highest BCUT2D eigenvalue weighted by Gasteiger charge is 2.27. The first-order valence-electron chi connectivity index (χ1n) is 11.6. The third-order valence-electron chi connectivity index (χ3n) is 4.89. The Morgan fingerprint density at radius 1 is 0.892 bits per heavy atom. The molecule has 0 aliphatic carbocycles. The maximum atomic E-state index is 11.8. The van der Waals surface area contributed by atoms with Crippen LogP contribution in [0.4, 0.5) is 18.0 Å². The van der Waals surface area contributed by atoms with Crippen molar-refractivity contribution in [3.8, 4) is 0 Å². The first-order chi connectivity index (χ1) is 16.9. The lowest BCUT2D eigenvalue weighted by Crippen LogP contribution is -2.52. The lowest BCUT2D eigenvalue weighted by molar-refractivity contribution is -0.156. The average Bonchev–Trinajstić information content (AvgIpc) is 2.79. The van der Waals surface area contributed by atoms with Crippen LogP contribution >= 0.6 is 0 Å². The van der Waals surface area contributed by atoms with E-state index in [0.29, 0.717) is 32.7 Å². The van der Waals surface area contributed by atoms with Gasteiger partial charge in [0, 0.05) is 65.4 Å². The zero-order valence-corrected chi connectivity index (χ0v) is 21.4. The Kier molecular flexibility index (Phi) is 15.2. The number of piperazine rings is 2. The minimum absolute atomic E-state index is 0.206. The largest absolute Gasteiger partial charge is 0.446 e. The van der Waals surface area contributed by atoms with E-state index in [1.807, 2.05) is 30.6 Å². The first kappa shape index (κ1) is 34.5. The van der Waals surface area contributed by atoms with Gasteiger partial charge in [-0.05, 0) is 20.8 Å². The molecule has 0 bridgehead atoms. The van der Waals surface area contributed by atoms with Crippen molar-refractivity contribution in [2.24, 2.45) is 11.5 Å². The van der Waals surface area contributed by atoms with Gasteiger partial charge in [0.05, 0.1) is 0 Å². The van der Waals surface area contributed by atoms with Gasteiger partial charge in [-0.2, -0.15) is 13.2 Å². The molecule has 2 atom stereocenters. The molecule has 7 N–H and O–H groups in total. The Morgan fingerprint density at radius 3 is 1.59 bits per heavy atom. The van der Waals surface area contributed by atoms with Gasteiger partial charge in [-0.25, -0.2) is 4.79 Å². The highest BCUT2D eigenvalue weighted by atomic mass is 19.4. The molecule has 0 aromatic rings. The number of rotatable bonds is 6. The van der Waals surface area contributed by atoms with Gasteiger partial charge in [0.15, 0.2) is 0 Å².